The molecule has 1 aromatic rings. The molecule has 1 N–H and O–H groups in total. The number of nitrogens with zero attached hydrogens (tertiary/aromatic N) is 1. The lowest BCUT2D eigenvalue weighted by Gasteiger charge is -2.36. The van der Waals surface area contributed by atoms with E-state index in [0.29, 0.717) is 0 Å². The highest BCUT2D eigenvalue weighted by molar-refractivity contribution is 5.25. The summed E-state index contributed by atoms with van der Waals surface area (Å²) < 4.78 is 0. The standard InChI is InChI=1S/C11H15NO/c1-9-4-2-3-5-10(9)6-12-7-11(13)8-12/h2-5,11,13H,6-8H2,1H3. The van der Waals surface area contributed by atoms with Crippen molar-refractivity contribution in [1.29, 1.82) is 0 Å². The van der Waals surface area contributed by atoms with Gasteiger partial charge in [0.1, 0.15) is 0 Å². The van der Waals surface area contributed by atoms with Crippen LogP contribution < -0.4 is 0 Å². The molecule has 0 amide bonds. The van der Waals surface area contributed by atoms with E-state index < -0.39 is 0 Å². The minimum atomic E-state index is -0.0935. The van der Waals surface area contributed by atoms with Gasteiger partial charge in [-0.15, -0.1) is 0 Å². The Morgan fingerprint density at radius 1 is 1.38 bits per heavy atom. The summed E-state index contributed by atoms with van der Waals surface area (Å²) in [7, 11) is 0. The summed E-state index contributed by atoms with van der Waals surface area (Å²) in [6.45, 7) is 4.76. The summed E-state index contributed by atoms with van der Waals surface area (Å²) >= 11 is 0. The predicted molar refractivity (Wildman–Crippen MR) is 52.5 cm³/mol. The molecule has 1 heterocycles. The number of β-amino-alcohol motifs (C(OH)–C–C–N with tert-alkyl or cyclic N) is 1. The van der Waals surface area contributed by atoms with Gasteiger partial charge in [0.2, 0.25) is 0 Å². The number of benzene rings is 1. The fraction of sp³-hybridized carbons (Fsp3) is 0.455. The Labute approximate surface area is 78.8 Å². The zero-order valence-electron chi connectivity index (χ0n) is 7.90. The molecule has 13 heavy (non-hydrogen) atoms. The molecule has 0 bridgehead atoms. The molecule has 2 heteroatoms. The van der Waals surface area contributed by atoms with E-state index in [1.165, 1.54) is 11.1 Å². The van der Waals surface area contributed by atoms with Gasteiger partial charge in [-0.2, -0.15) is 0 Å². The van der Waals surface area contributed by atoms with Crippen LogP contribution in [0.1, 0.15) is 11.1 Å². The van der Waals surface area contributed by atoms with Crippen molar-refractivity contribution >= 4 is 0 Å². The first-order chi connectivity index (χ1) is 6.25. The SMILES string of the molecule is Cc1ccccc1CN1CC(O)C1. The van der Waals surface area contributed by atoms with Gasteiger partial charge in [0, 0.05) is 19.6 Å². The molecule has 70 valence electrons. The van der Waals surface area contributed by atoms with E-state index in [1.807, 2.05) is 0 Å². The Morgan fingerprint density at radius 2 is 2.08 bits per heavy atom. The van der Waals surface area contributed by atoms with Crippen LogP contribution >= 0.6 is 0 Å². The molecular formula is C11H15NO. The van der Waals surface area contributed by atoms with Crippen molar-refractivity contribution in [3.8, 4) is 0 Å². The van der Waals surface area contributed by atoms with Crippen LogP contribution in [0.3, 0.4) is 0 Å². The van der Waals surface area contributed by atoms with Gasteiger partial charge in [-0.3, -0.25) is 4.90 Å². The van der Waals surface area contributed by atoms with Crippen LogP contribution in [-0.2, 0) is 6.54 Å². The average Bonchev–Trinajstić information content (AvgIpc) is 2.06. The number of hydrogen-bond acceptors (Lipinski definition) is 2. The second kappa shape index (κ2) is 3.48. The molecule has 0 aliphatic carbocycles. The smallest absolute Gasteiger partial charge is 0.0794 e. The number of rotatable bonds is 2. The normalized spacial score (nSPS) is 18.6. The van der Waals surface area contributed by atoms with E-state index in [0.717, 1.165) is 19.6 Å². The van der Waals surface area contributed by atoms with Gasteiger partial charge in [0.15, 0.2) is 0 Å². The molecule has 1 aromatic carbocycles. The molecule has 0 saturated carbocycles. The summed E-state index contributed by atoms with van der Waals surface area (Å²) in [5, 5.41) is 9.12. The van der Waals surface area contributed by atoms with E-state index in [2.05, 4.69) is 36.1 Å². The molecule has 2 nitrogen and oxygen atoms in total. The second-order valence-corrected chi connectivity index (χ2v) is 3.77. The quantitative estimate of drug-likeness (QED) is 0.733. The number of hydrogen-bond donors (Lipinski definition) is 1. The minimum Gasteiger partial charge on any atom is -0.390 e. The van der Waals surface area contributed by atoms with Crippen LogP contribution in [0.5, 0.6) is 0 Å². The number of aliphatic hydroxyl groups is 1. The zero-order chi connectivity index (χ0) is 9.26. The van der Waals surface area contributed by atoms with Crippen molar-refractivity contribution in [2.24, 2.45) is 0 Å². The maximum atomic E-state index is 9.12. The fourth-order valence-corrected chi connectivity index (χ4v) is 1.70. The van der Waals surface area contributed by atoms with Crippen LogP contribution in [0, 0.1) is 6.92 Å². The van der Waals surface area contributed by atoms with Crippen LogP contribution in [0.2, 0.25) is 0 Å². The topological polar surface area (TPSA) is 23.5 Å². The monoisotopic (exact) mass is 177 g/mol. The Balaban J connectivity index is 1.98. The van der Waals surface area contributed by atoms with Gasteiger partial charge in [0.25, 0.3) is 0 Å². The first-order valence-electron chi connectivity index (χ1n) is 4.70. The number of likely N-dealkylation sites (tertiary alicyclic amines) is 1. The van der Waals surface area contributed by atoms with Gasteiger partial charge in [-0.25, -0.2) is 0 Å². The summed E-state index contributed by atoms with van der Waals surface area (Å²) in [4.78, 5) is 2.26. The third-order valence-corrected chi connectivity index (χ3v) is 2.59. The lowest BCUT2D eigenvalue weighted by Crippen LogP contribution is -2.49. The maximum absolute atomic E-state index is 9.12. The van der Waals surface area contributed by atoms with Gasteiger partial charge >= 0.3 is 0 Å². The Hall–Kier alpha value is -0.860. The van der Waals surface area contributed by atoms with Gasteiger partial charge in [0.05, 0.1) is 6.10 Å². The largest absolute Gasteiger partial charge is 0.390 e. The molecule has 1 fully saturated rings. The highest BCUT2D eigenvalue weighted by Crippen LogP contribution is 2.15. The molecule has 0 atom stereocenters. The average molecular weight is 177 g/mol. The van der Waals surface area contributed by atoms with Gasteiger partial charge in [-0.05, 0) is 18.1 Å². The van der Waals surface area contributed by atoms with Crippen LogP contribution in [0.4, 0.5) is 0 Å². The zero-order valence-corrected chi connectivity index (χ0v) is 7.90. The minimum absolute atomic E-state index is 0.0935. The second-order valence-electron chi connectivity index (χ2n) is 3.77. The highest BCUT2D eigenvalue weighted by Gasteiger charge is 2.23. The van der Waals surface area contributed by atoms with E-state index in [4.69, 9.17) is 5.11 Å². The molecule has 0 aromatic heterocycles. The number of aryl methyl sites for hydroxylation is 1. The van der Waals surface area contributed by atoms with E-state index in [9.17, 15) is 0 Å². The highest BCUT2D eigenvalue weighted by atomic mass is 16.3. The maximum Gasteiger partial charge on any atom is 0.0794 e. The number of aliphatic hydroxyl groups excluding tert-OH is 1. The van der Waals surface area contributed by atoms with Crippen LogP contribution in [0.15, 0.2) is 24.3 Å². The molecule has 1 saturated heterocycles. The predicted octanol–water partition coefficient (Wildman–Crippen LogP) is 1.17. The molecule has 1 aliphatic heterocycles. The molecule has 0 unspecified atom stereocenters. The van der Waals surface area contributed by atoms with E-state index in [1.54, 1.807) is 0 Å². The molecular weight excluding hydrogens is 162 g/mol. The van der Waals surface area contributed by atoms with Crippen molar-refractivity contribution in [2.45, 2.75) is 19.6 Å². The van der Waals surface area contributed by atoms with Crippen molar-refractivity contribution in [1.82, 2.24) is 4.90 Å². The van der Waals surface area contributed by atoms with Crippen molar-refractivity contribution < 1.29 is 5.11 Å². The summed E-state index contributed by atoms with van der Waals surface area (Å²) in [5.74, 6) is 0. The first kappa shape index (κ1) is 8.73. The fourth-order valence-electron chi connectivity index (χ4n) is 1.70. The van der Waals surface area contributed by atoms with Crippen molar-refractivity contribution in [3.05, 3.63) is 35.4 Å². The molecule has 2 rings (SSSR count). The third kappa shape index (κ3) is 1.90. The third-order valence-electron chi connectivity index (χ3n) is 2.59. The van der Waals surface area contributed by atoms with Gasteiger partial charge < -0.3 is 5.11 Å². The summed E-state index contributed by atoms with van der Waals surface area (Å²) in [6, 6.07) is 8.41. The molecule has 0 spiro atoms. The summed E-state index contributed by atoms with van der Waals surface area (Å²) in [6.07, 6.45) is -0.0935. The Bertz CT molecular complexity index is 292. The Morgan fingerprint density at radius 3 is 2.69 bits per heavy atom. The Kier molecular flexibility index (Phi) is 2.34. The van der Waals surface area contributed by atoms with Crippen LogP contribution in [0.25, 0.3) is 0 Å². The van der Waals surface area contributed by atoms with E-state index >= 15 is 0 Å². The molecule has 0 radical (unpaired) electrons. The van der Waals surface area contributed by atoms with Crippen LogP contribution in [-0.4, -0.2) is 29.2 Å². The van der Waals surface area contributed by atoms with Gasteiger partial charge in [-0.1, -0.05) is 24.3 Å². The molecule has 1 aliphatic rings. The lowest BCUT2D eigenvalue weighted by atomic mass is 10.1. The first-order valence-corrected chi connectivity index (χ1v) is 4.70. The van der Waals surface area contributed by atoms with Crippen molar-refractivity contribution in [3.63, 3.8) is 0 Å². The van der Waals surface area contributed by atoms with Crippen molar-refractivity contribution in [2.75, 3.05) is 13.1 Å². The summed E-state index contributed by atoms with van der Waals surface area (Å²) in [5.41, 5.74) is 2.71. The lowest BCUT2D eigenvalue weighted by molar-refractivity contribution is -0.00296. The van der Waals surface area contributed by atoms with E-state index in [-0.39, 0.29) is 6.10 Å².